The average molecular weight is 220 g/mol. The first-order valence-corrected chi connectivity index (χ1v) is 5.36. The Morgan fingerprint density at radius 3 is 2.88 bits per heavy atom. The summed E-state index contributed by atoms with van der Waals surface area (Å²) in [6.45, 7) is 4.91. The van der Waals surface area contributed by atoms with Gasteiger partial charge in [0.25, 0.3) is 0 Å². The quantitative estimate of drug-likeness (QED) is 0.846. The fourth-order valence-corrected chi connectivity index (χ4v) is 1.83. The van der Waals surface area contributed by atoms with E-state index in [2.05, 4.69) is 22.6 Å². The molecule has 0 saturated heterocycles. The van der Waals surface area contributed by atoms with E-state index in [1.807, 2.05) is 20.0 Å². The number of hydrogen-bond donors (Lipinski definition) is 1. The van der Waals surface area contributed by atoms with Crippen LogP contribution < -0.4 is 5.32 Å². The van der Waals surface area contributed by atoms with E-state index in [-0.39, 0.29) is 6.04 Å². The van der Waals surface area contributed by atoms with Crippen LogP contribution in [0.5, 0.6) is 0 Å². The van der Waals surface area contributed by atoms with Gasteiger partial charge in [0, 0.05) is 12.6 Å². The zero-order chi connectivity index (χ0) is 11.5. The maximum Gasteiger partial charge on any atom is 0.105 e. The second-order valence-corrected chi connectivity index (χ2v) is 3.71. The number of furan rings is 1. The molecule has 0 aliphatic heterocycles. The van der Waals surface area contributed by atoms with Crippen molar-refractivity contribution in [1.29, 1.82) is 0 Å². The molecule has 0 radical (unpaired) electrons. The van der Waals surface area contributed by atoms with Crippen molar-refractivity contribution in [2.75, 3.05) is 6.54 Å². The Labute approximate surface area is 94.5 Å². The molecule has 86 valence electrons. The van der Waals surface area contributed by atoms with E-state index in [0.29, 0.717) is 0 Å². The molecule has 2 aromatic rings. The van der Waals surface area contributed by atoms with Gasteiger partial charge in [-0.25, -0.2) is 0 Å². The third kappa shape index (κ3) is 1.86. The van der Waals surface area contributed by atoms with Crippen LogP contribution >= 0.6 is 0 Å². The maximum absolute atomic E-state index is 5.34. The van der Waals surface area contributed by atoms with Crippen LogP contribution in [0.3, 0.4) is 0 Å². The van der Waals surface area contributed by atoms with Gasteiger partial charge in [-0.15, -0.1) is 5.10 Å². The van der Waals surface area contributed by atoms with Gasteiger partial charge >= 0.3 is 0 Å². The minimum atomic E-state index is 0.0868. The lowest BCUT2D eigenvalue weighted by Gasteiger charge is -2.16. The Morgan fingerprint density at radius 2 is 2.38 bits per heavy atom. The van der Waals surface area contributed by atoms with Crippen molar-refractivity contribution in [3.8, 4) is 0 Å². The van der Waals surface area contributed by atoms with Crippen molar-refractivity contribution in [1.82, 2.24) is 20.3 Å². The third-order valence-corrected chi connectivity index (χ3v) is 2.66. The summed E-state index contributed by atoms with van der Waals surface area (Å²) in [5.74, 6) is 0.923. The van der Waals surface area contributed by atoms with Crippen molar-refractivity contribution in [2.45, 2.75) is 19.9 Å². The third-order valence-electron chi connectivity index (χ3n) is 2.66. The molecule has 0 amide bonds. The molecule has 5 heteroatoms. The van der Waals surface area contributed by atoms with Crippen LogP contribution in [0.2, 0.25) is 0 Å². The lowest BCUT2D eigenvalue weighted by molar-refractivity contribution is 0.512. The lowest BCUT2D eigenvalue weighted by Crippen LogP contribution is -2.24. The second kappa shape index (κ2) is 4.49. The zero-order valence-corrected chi connectivity index (χ0v) is 9.77. The van der Waals surface area contributed by atoms with E-state index in [9.17, 15) is 0 Å². The molecule has 5 nitrogen and oxygen atoms in total. The molecule has 0 aliphatic rings. The highest BCUT2D eigenvalue weighted by molar-refractivity contribution is 5.27. The minimum absolute atomic E-state index is 0.0868. The SMILES string of the molecule is CCNC(c1ccoc1C)c1cnnn1C. The van der Waals surface area contributed by atoms with E-state index in [4.69, 9.17) is 4.42 Å². The van der Waals surface area contributed by atoms with Gasteiger partial charge < -0.3 is 9.73 Å². The highest BCUT2D eigenvalue weighted by Crippen LogP contribution is 2.24. The minimum Gasteiger partial charge on any atom is -0.469 e. The molecule has 0 aliphatic carbocycles. The molecule has 2 heterocycles. The maximum atomic E-state index is 5.34. The topological polar surface area (TPSA) is 55.9 Å². The number of hydrogen-bond acceptors (Lipinski definition) is 4. The summed E-state index contributed by atoms with van der Waals surface area (Å²) >= 11 is 0. The number of aromatic nitrogens is 3. The van der Waals surface area contributed by atoms with Crippen molar-refractivity contribution in [3.63, 3.8) is 0 Å². The smallest absolute Gasteiger partial charge is 0.105 e. The van der Waals surface area contributed by atoms with Crippen LogP contribution in [0.25, 0.3) is 0 Å². The molecule has 0 bridgehead atoms. The molecule has 1 N–H and O–H groups in total. The van der Waals surface area contributed by atoms with Gasteiger partial charge in [-0.2, -0.15) is 0 Å². The molecule has 0 saturated carbocycles. The van der Waals surface area contributed by atoms with Gasteiger partial charge in [0.05, 0.1) is 24.2 Å². The Balaban J connectivity index is 2.39. The Morgan fingerprint density at radius 1 is 1.56 bits per heavy atom. The van der Waals surface area contributed by atoms with Gasteiger partial charge in [-0.1, -0.05) is 12.1 Å². The van der Waals surface area contributed by atoms with E-state index < -0.39 is 0 Å². The Bertz CT molecular complexity index is 420. The van der Waals surface area contributed by atoms with Crippen LogP contribution in [-0.2, 0) is 7.05 Å². The fraction of sp³-hybridized carbons (Fsp3) is 0.455. The summed E-state index contributed by atoms with van der Waals surface area (Å²) in [5, 5.41) is 11.3. The van der Waals surface area contributed by atoms with Crippen molar-refractivity contribution in [2.24, 2.45) is 7.05 Å². The summed E-state index contributed by atoms with van der Waals surface area (Å²) in [6.07, 6.45) is 3.48. The normalized spacial score (nSPS) is 12.9. The van der Waals surface area contributed by atoms with Crippen LogP contribution in [0.15, 0.2) is 22.9 Å². The Kier molecular flexibility index (Phi) is 3.05. The molecule has 0 spiro atoms. The molecular formula is C11H16N4O. The zero-order valence-electron chi connectivity index (χ0n) is 9.77. The summed E-state index contributed by atoms with van der Waals surface area (Å²) < 4.78 is 7.12. The van der Waals surface area contributed by atoms with Crippen molar-refractivity contribution in [3.05, 3.63) is 35.5 Å². The molecule has 0 aromatic carbocycles. The molecule has 0 fully saturated rings. The van der Waals surface area contributed by atoms with Gasteiger partial charge in [0.1, 0.15) is 5.76 Å². The first kappa shape index (κ1) is 10.9. The summed E-state index contributed by atoms with van der Waals surface area (Å²) in [4.78, 5) is 0. The van der Waals surface area contributed by atoms with E-state index in [1.165, 1.54) is 0 Å². The highest BCUT2D eigenvalue weighted by atomic mass is 16.3. The lowest BCUT2D eigenvalue weighted by atomic mass is 10.1. The Hall–Kier alpha value is -1.62. The fourth-order valence-electron chi connectivity index (χ4n) is 1.83. The molecular weight excluding hydrogens is 204 g/mol. The standard InChI is InChI=1S/C11H16N4O/c1-4-12-11(9-5-6-16-8(9)2)10-7-13-14-15(10)3/h5-7,11-12H,4H2,1-3H3. The average Bonchev–Trinajstić information content (AvgIpc) is 2.84. The van der Waals surface area contributed by atoms with E-state index >= 15 is 0 Å². The predicted octanol–water partition coefficient (Wildman–Crippen LogP) is 1.42. The largest absolute Gasteiger partial charge is 0.469 e. The summed E-state index contributed by atoms with van der Waals surface area (Å²) in [5.41, 5.74) is 2.17. The molecule has 2 aromatic heterocycles. The molecule has 16 heavy (non-hydrogen) atoms. The number of nitrogens with one attached hydrogen (secondary N) is 1. The molecule has 1 unspecified atom stereocenters. The highest BCUT2D eigenvalue weighted by Gasteiger charge is 2.20. The van der Waals surface area contributed by atoms with Gasteiger partial charge in [-0.05, 0) is 19.5 Å². The van der Waals surface area contributed by atoms with Gasteiger partial charge in [0.15, 0.2) is 0 Å². The van der Waals surface area contributed by atoms with E-state index in [1.54, 1.807) is 17.1 Å². The first-order chi connectivity index (χ1) is 7.74. The van der Waals surface area contributed by atoms with E-state index in [0.717, 1.165) is 23.6 Å². The second-order valence-electron chi connectivity index (χ2n) is 3.71. The first-order valence-electron chi connectivity index (χ1n) is 5.36. The van der Waals surface area contributed by atoms with Gasteiger partial charge in [0.2, 0.25) is 0 Å². The number of rotatable bonds is 4. The predicted molar refractivity (Wildman–Crippen MR) is 60.0 cm³/mol. The summed E-state index contributed by atoms with van der Waals surface area (Å²) in [6, 6.07) is 2.07. The van der Waals surface area contributed by atoms with Crippen molar-refractivity contribution < 1.29 is 4.42 Å². The van der Waals surface area contributed by atoms with Crippen LogP contribution in [0.4, 0.5) is 0 Å². The van der Waals surface area contributed by atoms with Crippen molar-refractivity contribution >= 4 is 0 Å². The van der Waals surface area contributed by atoms with Crippen LogP contribution in [0, 0.1) is 6.92 Å². The van der Waals surface area contributed by atoms with Crippen LogP contribution in [-0.4, -0.2) is 21.5 Å². The number of nitrogens with zero attached hydrogens (tertiary/aromatic N) is 3. The summed E-state index contributed by atoms with van der Waals surface area (Å²) in [7, 11) is 1.89. The van der Waals surface area contributed by atoms with Gasteiger partial charge in [-0.3, -0.25) is 4.68 Å². The monoisotopic (exact) mass is 220 g/mol. The molecule has 2 rings (SSSR count). The van der Waals surface area contributed by atoms with Crippen LogP contribution in [0.1, 0.15) is 30.0 Å². The molecule has 1 atom stereocenters. The number of aryl methyl sites for hydroxylation is 2.